The molecule has 0 amide bonds. The Bertz CT molecular complexity index is 948. The summed E-state index contributed by atoms with van der Waals surface area (Å²) in [6, 6.07) is 8.45. The molecule has 2 N–H and O–H groups in total. The lowest BCUT2D eigenvalue weighted by molar-refractivity contribution is 0.430. The lowest BCUT2D eigenvalue weighted by Crippen LogP contribution is -2.20. The zero-order chi connectivity index (χ0) is 25.7. The molecule has 2 heteroatoms. The van der Waals surface area contributed by atoms with Crippen molar-refractivity contribution < 1.29 is 10.2 Å². The summed E-state index contributed by atoms with van der Waals surface area (Å²) in [5.74, 6) is 0.244. The highest BCUT2D eigenvalue weighted by atomic mass is 16.3. The number of benzene rings is 2. The van der Waals surface area contributed by atoms with E-state index in [4.69, 9.17) is 0 Å². The summed E-state index contributed by atoms with van der Waals surface area (Å²) in [6.07, 6.45) is 1.85. The SMILES string of the molecule is C=CC(c1cc(C(C)(C)C)cc(C(C)(C)C)c1O)c1cc(C(C)(C)C)cc(C(C)(C)C)c1O. The fourth-order valence-corrected chi connectivity index (χ4v) is 4.22. The summed E-state index contributed by atoms with van der Waals surface area (Å²) >= 11 is 0. The first-order valence-corrected chi connectivity index (χ1v) is 12.1. The van der Waals surface area contributed by atoms with Crippen molar-refractivity contribution in [2.45, 2.75) is 111 Å². The van der Waals surface area contributed by atoms with Gasteiger partial charge in [0.05, 0.1) is 0 Å². The van der Waals surface area contributed by atoms with Crippen molar-refractivity contribution in [3.63, 3.8) is 0 Å². The molecule has 0 radical (unpaired) electrons. The van der Waals surface area contributed by atoms with Crippen molar-refractivity contribution >= 4 is 0 Å². The molecule has 0 spiro atoms. The minimum Gasteiger partial charge on any atom is -0.507 e. The molecule has 33 heavy (non-hydrogen) atoms. The molecule has 0 fully saturated rings. The van der Waals surface area contributed by atoms with E-state index in [0.29, 0.717) is 11.5 Å². The summed E-state index contributed by atoms with van der Waals surface area (Å²) < 4.78 is 0. The van der Waals surface area contributed by atoms with E-state index in [1.807, 2.05) is 6.08 Å². The molecule has 0 saturated heterocycles. The average Bonchev–Trinajstić information content (AvgIpc) is 2.60. The molecular formula is C31H46O2. The highest BCUT2D eigenvalue weighted by Crippen LogP contribution is 2.47. The van der Waals surface area contributed by atoms with Crippen LogP contribution in [0.2, 0.25) is 0 Å². The molecule has 182 valence electrons. The first-order valence-electron chi connectivity index (χ1n) is 12.1. The predicted octanol–water partition coefficient (Wildman–Crippen LogP) is 8.61. The van der Waals surface area contributed by atoms with E-state index in [-0.39, 0.29) is 27.6 Å². The van der Waals surface area contributed by atoms with Gasteiger partial charge in [0.25, 0.3) is 0 Å². The zero-order valence-corrected chi connectivity index (χ0v) is 23.1. The van der Waals surface area contributed by atoms with Crippen molar-refractivity contribution in [3.05, 3.63) is 70.3 Å². The number of phenols is 2. The van der Waals surface area contributed by atoms with Gasteiger partial charge >= 0.3 is 0 Å². The minimum absolute atomic E-state index is 0.0833. The third kappa shape index (κ3) is 5.65. The molecule has 0 heterocycles. The van der Waals surface area contributed by atoms with Crippen LogP contribution in [0.15, 0.2) is 36.9 Å². The summed E-state index contributed by atoms with van der Waals surface area (Å²) in [5, 5.41) is 23.0. The third-order valence-electron chi connectivity index (χ3n) is 6.53. The topological polar surface area (TPSA) is 40.5 Å². The van der Waals surface area contributed by atoms with Gasteiger partial charge in [0.15, 0.2) is 0 Å². The predicted molar refractivity (Wildman–Crippen MR) is 143 cm³/mol. The third-order valence-corrected chi connectivity index (χ3v) is 6.53. The molecule has 0 unspecified atom stereocenters. The normalized spacial score (nSPS) is 13.5. The maximum absolute atomic E-state index is 11.5. The Morgan fingerprint density at radius 2 is 0.879 bits per heavy atom. The van der Waals surface area contributed by atoms with Crippen molar-refractivity contribution in [2.24, 2.45) is 0 Å². The number of phenolic OH excluding ortho intramolecular Hbond substituents is 2. The van der Waals surface area contributed by atoms with E-state index >= 15 is 0 Å². The van der Waals surface area contributed by atoms with Gasteiger partial charge in [-0.15, -0.1) is 6.58 Å². The van der Waals surface area contributed by atoms with Crippen LogP contribution in [-0.2, 0) is 21.7 Å². The quantitative estimate of drug-likeness (QED) is 0.459. The van der Waals surface area contributed by atoms with Gasteiger partial charge in [0, 0.05) is 17.0 Å². The molecule has 2 nitrogen and oxygen atoms in total. The van der Waals surface area contributed by atoms with Gasteiger partial charge in [-0.1, -0.05) is 113 Å². The molecular weight excluding hydrogens is 404 g/mol. The number of hydrogen-bond acceptors (Lipinski definition) is 2. The Hall–Kier alpha value is -2.22. The van der Waals surface area contributed by atoms with Gasteiger partial charge in [-0.2, -0.15) is 0 Å². The Morgan fingerprint density at radius 1 is 0.576 bits per heavy atom. The van der Waals surface area contributed by atoms with Crippen LogP contribution in [0.25, 0.3) is 0 Å². The van der Waals surface area contributed by atoms with Gasteiger partial charge in [0.1, 0.15) is 11.5 Å². The second kappa shape index (κ2) is 8.53. The Kier molecular flexibility index (Phi) is 6.98. The number of allylic oxidation sites excluding steroid dienone is 1. The lowest BCUT2D eigenvalue weighted by atomic mass is 9.74. The van der Waals surface area contributed by atoms with Gasteiger partial charge in [-0.25, -0.2) is 0 Å². The summed E-state index contributed by atoms with van der Waals surface area (Å²) in [7, 11) is 0. The summed E-state index contributed by atoms with van der Waals surface area (Å²) in [4.78, 5) is 0. The largest absolute Gasteiger partial charge is 0.507 e. The molecule has 0 bridgehead atoms. The Labute approximate surface area is 202 Å². The van der Waals surface area contributed by atoms with Crippen molar-refractivity contribution in [2.75, 3.05) is 0 Å². The highest BCUT2D eigenvalue weighted by Gasteiger charge is 2.31. The average molecular weight is 451 g/mol. The second-order valence-corrected chi connectivity index (χ2v) is 13.6. The number of hydrogen-bond donors (Lipinski definition) is 2. The fourth-order valence-electron chi connectivity index (χ4n) is 4.22. The van der Waals surface area contributed by atoms with E-state index in [1.54, 1.807) is 0 Å². The monoisotopic (exact) mass is 450 g/mol. The van der Waals surface area contributed by atoms with Crippen LogP contribution < -0.4 is 0 Å². The maximum atomic E-state index is 11.5. The zero-order valence-electron chi connectivity index (χ0n) is 23.1. The molecule has 0 aliphatic carbocycles. The lowest BCUT2D eigenvalue weighted by Gasteiger charge is -2.31. The molecule has 2 rings (SSSR count). The molecule has 0 aliphatic heterocycles. The van der Waals surface area contributed by atoms with Crippen molar-refractivity contribution in [1.29, 1.82) is 0 Å². The smallest absolute Gasteiger partial charge is 0.123 e. The maximum Gasteiger partial charge on any atom is 0.123 e. The summed E-state index contributed by atoms with van der Waals surface area (Å²) in [5.41, 5.74) is 5.13. The van der Waals surface area contributed by atoms with E-state index in [1.165, 1.54) is 0 Å². The molecule has 2 aromatic carbocycles. The van der Waals surface area contributed by atoms with E-state index in [9.17, 15) is 10.2 Å². The molecule has 0 atom stereocenters. The van der Waals surface area contributed by atoms with Gasteiger partial charge in [-0.05, 0) is 43.9 Å². The fraction of sp³-hybridized carbons (Fsp3) is 0.548. The van der Waals surface area contributed by atoms with Crippen LogP contribution in [0.5, 0.6) is 11.5 Å². The van der Waals surface area contributed by atoms with Crippen LogP contribution in [-0.4, -0.2) is 10.2 Å². The molecule has 0 saturated carbocycles. The van der Waals surface area contributed by atoms with Crippen LogP contribution in [0.1, 0.15) is 122 Å². The van der Waals surface area contributed by atoms with E-state index in [2.05, 4.69) is 114 Å². The number of rotatable bonds is 3. The van der Waals surface area contributed by atoms with Crippen LogP contribution in [0, 0.1) is 0 Å². The van der Waals surface area contributed by atoms with Gasteiger partial charge < -0.3 is 10.2 Å². The van der Waals surface area contributed by atoms with Crippen LogP contribution >= 0.6 is 0 Å². The first-order chi connectivity index (χ1) is 14.7. The van der Waals surface area contributed by atoms with Gasteiger partial charge in [0.2, 0.25) is 0 Å². The van der Waals surface area contributed by atoms with E-state index < -0.39 is 0 Å². The Morgan fingerprint density at radius 3 is 1.09 bits per heavy atom. The molecule has 2 aromatic rings. The summed E-state index contributed by atoms with van der Waals surface area (Å²) in [6.45, 7) is 30.0. The molecule has 0 aromatic heterocycles. The standard InChI is InChI=1S/C31H46O2/c1-14-21(22-15-19(28(2,3)4)17-24(26(22)32)30(8,9)10)23-16-20(29(5,6)7)18-25(27(23)33)31(11,12)13/h14-18,21,32-33H,1H2,2-13H3. The van der Waals surface area contributed by atoms with Crippen LogP contribution in [0.3, 0.4) is 0 Å². The van der Waals surface area contributed by atoms with E-state index in [0.717, 1.165) is 33.4 Å². The molecule has 0 aliphatic rings. The van der Waals surface area contributed by atoms with Crippen LogP contribution in [0.4, 0.5) is 0 Å². The van der Waals surface area contributed by atoms with Crippen molar-refractivity contribution in [1.82, 2.24) is 0 Å². The second-order valence-electron chi connectivity index (χ2n) is 13.6. The van der Waals surface area contributed by atoms with Gasteiger partial charge in [-0.3, -0.25) is 0 Å². The first kappa shape index (κ1) is 27.0. The van der Waals surface area contributed by atoms with Crippen molar-refractivity contribution in [3.8, 4) is 11.5 Å². The number of aromatic hydroxyl groups is 2. The Balaban J connectivity index is 2.98. The minimum atomic E-state index is -0.336. The highest BCUT2D eigenvalue weighted by molar-refractivity contribution is 5.58.